The molecule has 0 bridgehead atoms. The molecule has 1 fully saturated rings. The van der Waals surface area contributed by atoms with Crippen LogP contribution in [-0.4, -0.2) is 50.5 Å². The third-order valence-electron chi connectivity index (χ3n) is 4.50. The molecule has 1 saturated heterocycles. The summed E-state index contributed by atoms with van der Waals surface area (Å²) in [5.41, 5.74) is 0.297. The predicted octanol–water partition coefficient (Wildman–Crippen LogP) is 3.53. The molecule has 2 rings (SSSR count). The topological polar surface area (TPSA) is 72.9 Å². The van der Waals surface area contributed by atoms with Gasteiger partial charge in [-0.3, -0.25) is 4.18 Å². The maximum Gasteiger partial charge on any atom is 0.410 e. The van der Waals surface area contributed by atoms with Gasteiger partial charge in [0.05, 0.1) is 12.4 Å². The second kappa shape index (κ2) is 8.56. The van der Waals surface area contributed by atoms with E-state index in [0.29, 0.717) is 19.5 Å². The van der Waals surface area contributed by atoms with Crippen LogP contribution in [0.25, 0.3) is 0 Å². The van der Waals surface area contributed by atoms with Gasteiger partial charge in [-0.1, -0.05) is 12.1 Å². The van der Waals surface area contributed by atoms with Crippen LogP contribution in [0.2, 0.25) is 0 Å². The van der Waals surface area contributed by atoms with E-state index in [4.69, 9.17) is 8.92 Å². The zero-order valence-corrected chi connectivity index (χ0v) is 17.1. The van der Waals surface area contributed by atoms with E-state index in [1.807, 2.05) is 0 Å². The molecule has 0 radical (unpaired) electrons. The molecule has 27 heavy (non-hydrogen) atoms. The van der Waals surface area contributed by atoms with E-state index in [2.05, 4.69) is 0 Å². The summed E-state index contributed by atoms with van der Waals surface area (Å²) in [5.74, 6) is -0.711. The van der Waals surface area contributed by atoms with Crippen molar-refractivity contribution in [2.24, 2.45) is 5.92 Å². The molecule has 0 spiro atoms. The van der Waals surface area contributed by atoms with E-state index in [1.54, 1.807) is 37.8 Å². The molecule has 0 N–H and O–H groups in total. The molecule has 152 valence electrons. The number of piperidine rings is 1. The lowest BCUT2D eigenvalue weighted by Crippen LogP contribution is -2.46. The SMILES string of the molecule is CCS(=O)(=O)OC[C@H]1CN(C(=O)OC(C)(C)C)CC[C@@H]1c1ccc(F)cc1. The third-order valence-corrected chi connectivity index (χ3v) is 5.70. The number of nitrogens with zero attached hydrogens (tertiary/aromatic N) is 1. The van der Waals surface area contributed by atoms with E-state index in [-0.39, 0.29) is 30.0 Å². The van der Waals surface area contributed by atoms with Gasteiger partial charge in [-0.25, -0.2) is 9.18 Å². The van der Waals surface area contributed by atoms with Crippen LogP contribution in [0.15, 0.2) is 24.3 Å². The standard InChI is InChI=1S/C19H28FNO5S/c1-5-27(23,24)25-13-15-12-21(18(22)26-19(2,3)4)11-10-17(15)14-6-8-16(20)9-7-14/h6-9,15,17H,5,10-13H2,1-4H3/t15-,17-/m1/s1. The number of benzene rings is 1. The summed E-state index contributed by atoms with van der Waals surface area (Å²) in [6.45, 7) is 7.67. The molecule has 0 saturated carbocycles. The summed E-state index contributed by atoms with van der Waals surface area (Å²) >= 11 is 0. The van der Waals surface area contributed by atoms with Crippen LogP contribution in [0.1, 0.15) is 45.6 Å². The summed E-state index contributed by atoms with van der Waals surface area (Å²) < 4.78 is 47.3. The Morgan fingerprint density at radius 1 is 1.26 bits per heavy atom. The Morgan fingerprint density at radius 2 is 1.89 bits per heavy atom. The molecule has 0 aromatic heterocycles. The highest BCUT2D eigenvalue weighted by Gasteiger charge is 2.35. The van der Waals surface area contributed by atoms with Crippen molar-refractivity contribution in [2.45, 2.75) is 45.6 Å². The van der Waals surface area contributed by atoms with Crippen molar-refractivity contribution < 1.29 is 26.5 Å². The Labute approximate surface area is 160 Å². The lowest BCUT2D eigenvalue weighted by Gasteiger charge is -2.39. The molecule has 1 amide bonds. The van der Waals surface area contributed by atoms with Gasteiger partial charge in [0, 0.05) is 19.0 Å². The fourth-order valence-corrected chi connectivity index (χ4v) is 3.67. The maximum atomic E-state index is 13.3. The molecule has 1 aromatic carbocycles. The summed E-state index contributed by atoms with van der Waals surface area (Å²) in [7, 11) is -3.59. The van der Waals surface area contributed by atoms with Crippen molar-refractivity contribution in [2.75, 3.05) is 25.4 Å². The summed E-state index contributed by atoms with van der Waals surface area (Å²) in [4.78, 5) is 14.0. The van der Waals surface area contributed by atoms with Gasteiger partial charge >= 0.3 is 6.09 Å². The minimum atomic E-state index is -3.59. The molecule has 1 heterocycles. The lowest BCUT2D eigenvalue weighted by atomic mass is 9.81. The Balaban J connectivity index is 2.17. The lowest BCUT2D eigenvalue weighted by molar-refractivity contribution is 0.0114. The Hall–Kier alpha value is -1.67. The number of carbonyl (C=O) groups excluding carboxylic acids is 1. The monoisotopic (exact) mass is 401 g/mol. The van der Waals surface area contributed by atoms with E-state index in [0.717, 1.165) is 5.56 Å². The van der Waals surface area contributed by atoms with E-state index >= 15 is 0 Å². The molecule has 2 atom stereocenters. The number of rotatable bonds is 5. The highest BCUT2D eigenvalue weighted by Crippen LogP contribution is 2.34. The van der Waals surface area contributed by atoms with Crippen molar-refractivity contribution in [3.8, 4) is 0 Å². The van der Waals surface area contributed by atoms with Gasteiger partial charge in [0.25, 0.3) is 10.1 Å². The van der Waals surface area contributed by atoms with Crippen LogP contribution < -0.4 is 0 Å². The van der Waals surface area contributed by atoms with E-state index in [1.165, 1.54) is 19.1 Å². The van der Waals surface area contributed by atoms with Gasteiger partial charge in [0.1, 0.15) is 11.4 Å². The van der Waals surface area contributed by atoms with Gasteiger partial charge < -0.3 is 9.64 Å². The van der Waals surface area contributed by atoms with Crippen molar-refractivity contribution in [3.63, 3.8) is 0 Å². The summed E-state index contributed by atoms with van der Waals surface area (Å²) in [6.07, 6.45) is 0.189. The summed E-state index contributed by atoms with van der Waals surface area (Å²) in [6, 6.07) is 6.17. The number of carbonyl (C=O) groups is 1. The maximum absolute atomic E-state index is 13.3. The number of hydrogen-bond donors (Lipinski definition) is 0. The normalized spacial score (nSPS) is 21.1. The fourth-order valence-electron chi connectivity index (χ4n) is 3.12. The largest absolute Gasteiger partial charge is 0.444 e. The Bertz CT molecular complexity index is 742. The predicted molar refractivity (Wildman–Crippen MR) is 100 cm³/mol. The van der Waals surface area contributed by atoms with Crippen LogP contribution >= 0.6 is 0 Å². The number of likely N-dealkylation sites (tertiary alicyclic amines) is 1. The zero-order valence-electron chi connectivity index (χ0n) is 16.3. The molecule has 0 unspecified atom stereocenters. The average molecular weight is 402 g/mol. The summed E-state index contributed by atoms with van der Waals surface area (Å²) in [5, 5.41) is 0. The highest BCUT2D eigenvalue weighted by molar-refractivity contribution is 7.86. The first-order valence-corrected chi connectivity index (χ1v) is 10.7. The van der Waals surface area contributed by atoms with Crippen molar-refractivity contribution in [1.82, 2.24) is 4.90 Å². The molecule has 1 aromatic rings. The van der Waals surface area contributed by atoms with E-state index < -0.39 is 21.8 Å². The number of halogens is 1. The Kier molecular flexibility index (Phi) is 6.86. The third kappa shape index (κ3) is 6.46. The van der Waals surface area contributed by atoms with Crippen LogP contribution in [0.5, 0.6) is 0 Å². The first-order valence-electron chi connectivity index (χ1n) is 9.11. The fraction of sp³-hybridized carbons (Fsp3) is 0.632. The van der Waals surface area contributed by atoms with Crippen molar-refractivity contribution in [3.05, 3.63) is 35.6 Å². The molecule has 6 nitrogen and oxygen atoms in total. The second-order valence-corrected chi connectivity index (χ2v) is 9.69. The van der Waals surface area contributed by atoms with Crippen LogP contribution in [0, 0.1) is 11.7 Å². The smallest absolute Gasteiger partial charge is 0.410 e. The second-order valence-electron chi connectivity index (χ2n) is 7.76. The van der Waals surface area contributed by atoms with Crippen LogP contribution in [0.3, 0.4) is 0 Å². The first-order chi connectivity index (χ1) is 12.5. The molecule has 8 heteroatoms. The van der Waals surface area contributed by atoms with Gasteiger partial charge in [-0.05, 0) is 57.7 Å². The Morgan fingerprint density at radius 3 is 2.44 bits per heavy atom. The molecular formula is C19H28FNO5S. The van der Waals surface area contributed by atoms with Gasteiger partial charge in [-0.15, -0.1) is 0 Å². The highest BCUT2D eigenvalue weighted by atomic mass is 32.2. The van der Waals surface area contributed by atoms with Crippen LogP contribution in [0.4, 0.5) is 9.18 Å². The van der Waals surface area contributed by atoms with Gasteiger partial charge in [-0.2, -0.15) is 8.42 Å². The van der Waals surface area contributed by atoms with Crippen LogP contribution in [-0.2, 0) is 19.0 Å². The van der Waals surface area contributed by atoms with Crippen molar-refractivity contribution >= 4 is 16.2 Å². The number of hydrogen-bond acceptors (Lipinski definition) is 5. The minimum Gasteiger partial charge on any atom is -0.444 e. The van der Waals surface area contributed by atoms with E-state index in [9.17, 15) is 17.6 Å². The quantitative estimate of drug-likeness (QED) is 0.706. The molecular weight excluding hydrogens is 373 g/mol. The number of ether oxygens (including phenoxy) is 1. The molecule has 1 aliphatic rings. The minimum absolute atomic E-state index is 0.0302. The zero-order chi connectivity index (χ0) is 20.2. The molecule has 0 aliphatic carbocycles. The molecule has 1 aliphatic heterocycles. The van der Waals surface area contributed by atoms with Gasteiger partial charge in [0.2, 0.25) is 0 Å². The average Bonchev–Trinajstić information content (AvgIpc) is 2.59. The van der Waals surface area contributed by atoms with Crippen molar-refractivity contribution in [1.29, 1.82) is 0 Å². The van der Waals surface area contributed by atoms with Gasteiger partial charge in [0.15, 0.2) is 0 Å². The number of amides is 1. The first kappa shape index (κ1) is 21.6.